The summed E-state index contributed by atoms with van der Waals surface area (Å²) >= 11 is 0. The van der Waals surface area contributed by atoms with Gasteiger partial charge in [0.05, 0.1) is 0 Å². The van der Waals surface area contributed by atoms with Crippen molar-refractivity contribution in [2.45, 2.75) is 25.6 Å². The highest BCUT2D eigenvalue weighted by molar-refractivity contribution is 5.71. The van der Waals surface area contributed by atoms with Crippen molar-refractivity contribution in [3.05, 3.63) is 35.4 Å². The van der Waals surface area contributed by atoms with E-state index in [1.165, 1.54) is 0 Å². The molecule has 2 rings (SSSR count). The normalized spacial score (nSPS) is 18.1. The van der Waals surface area contributed by atoms with Gasteiger partial charge in [-0.1, -0.05) is 24.3 Å². The van der Waals surface area contributed by atoms with Crippen LogP contribution in [0, 0.1) is 5.92 Å². The van der Waals surface area contributed by atoms with E-state index < -0.39 is 24.6 Å². The second-order valence-corrected chi connectivity index (χ2v) is 5.04. The number of rotatable bonds is 3. The number of carboxylic acid groups (broad SMARTS) is 1. The van der Waals surface area contributed by atoms with E-state index >= 15 is 0 Å². The molecule has 0 amide bonds. The van der Waals surface area contributed by atoms with Gasteiger partial charge in [0.25, 0.3) is 0 Å². The summed E-state index contributed by atoms with van der Waals surface area (Å²) in [7, 11) is 0. The van der Waals surface area contributed by atoms with Crippen LogP contribution in [-0.2, 0) is 17.8 Å². The second-order valence-electron chi connectivity index (χ2n) is 5.04. The number of halogens is 3. The number of hydrogen-bond acceptors (Lipinski definition) is 2. The molecular formula is C14H16F3NO2. The molecule has 1 N–H and O–H groups in total. The first-order valence-electron chi connectivity index (χ1n) is 6.46. The van der Waals surface area contributed by atoms with Crippen LogP contribution in [0.3, 0.4) is 0 Å². The standard InChI is InChI=1S/C14H16F3NO2/c15-14(16,17)12(13(19)20)9-18-7-3-6-10-4-1-2-5-11(10)8-18/h1-2,4-5,12H,3,6-9H2,(H,19,20). The average molecular weight is 287 g/mol. The molecule has 1 heterocycles. The molecule has 3 nitrogen and oxygen atoms in total. The molecule has 1 aliphatic heterocycles. The van der Waals surface area contributed by atoms with Crippen LogP contribution in [0.5, 0.6) is 0 Å². The smallest absolute Gasteiger partial charge is 0.403 e. The highest BCUT2D eigenvalue weighted by Gasteiger charge is 2.45. The van der Waals surface area contributed by atoms with Crippen LogP contribution in [0.2, 0.25) is 0 Å². The van der Waals surface area contributed by atoms with Crippen molar-refractivity contribution < 1.29 is 23.1 Å². The minimum atomic E-state index is -4.71. The maximum atomic E-state index is 12.7. The molecule has 110 valence electrons. The molecule has 0 spiro atoms. The number of fused-ring (bicyclic) bond motifs is 1. The van der Waals surface area contributed by atoms with Crippen LogP contribution in [0.15, 0.2) is 24.3 Å². The second kappa shape index (κ2) is 5.83. The third kappa shape index (κ3) is 3.50. The Labute approximate surface area is 115 Å². The maximum absolute atomic E-state index is 12.7. The number of carboxylic acids is 1. The van der Waals surface area contributed by atoms with Crippen molar-refractivity contribution >= 4 is 5.97 Å². The molecule has 6 heteroatoms. The van der Waals surface area contributed by atoms with Gasteiger partial charge in [0.1, 0.15) is 0 Å². The van der Waals surface area contributed by atoms with E-state index in [1.807, 2.05) is 24.3 Å². The van der Waals surface area contributed by atoms with Crippen molar-refractivity contribution in [3.63, 3.8) is 0 Å². The molecule has 1 aromatic rings. The summed E-state index contributed by atoms with van der Waals surface area (Å²) in [5.41, 5.74) is 2.12. The number of nitrogens with zero attached hydrogens (tertiary/aromatic N) is 1. The Bertz CT molecular complexity index is 488. The van der Waals surface area contributed by atoms with E-state index in [0.717, 1.165) is 24.0 Å². The molecule has 20 heavy (non-hydrogen) atoms. The van der Waals surface area contributed by atoms with Crippen LogP contribution < -0.4 is 0 Å². The first-order valence-corrected chi connectivity index (χ1v) is 6.46. The minimum absolute atomic E-state index is 0.371. The number of carbonyl (C=O) groups is 1. The molecule has 0 aliphatic carbocycles. The van der Waals surface area contributed by atoms with Gasteiger partial charge in [-0.05, 0) is 30.5 Å². The lowest BCUT2D eigenvalue weighted by Gasteiger charge is -2.25. The van der Waals surface area contributed by atoms with Gasteiger partial charge in [0.15, 0.2) is 5.92 Å². The Morgan fingerprint density at radius 3 is 2.55 bits per heavy atom. The minimum Gasteiger partial charge on any atom is -0.481 e. The van der Waals surface area contributed by atoms with Crippen molar-refractivity contribution in [1.82, 2.24) is 4.90 Å². The summed E-state index contributed by atoms with van der Waals surface area (Å²) in [6, 6.07) is 7.61. The lowest BCUT2D eigenvalue weighted by atomic mass is 10.0. The number of aliphatic carboxylic acids is 1. The van der Waals surface area contributed by atoms with Gasteiger partial charge in [-0.2, -0.15) is 13.2 Å². The van der Waals surface area contributed by atoms with Gasteiger partial charge in [0, 0.05) is 13.1 Å². The Morgan fingerprint density at radius 2 is 1.95 bits per heavy atom. The topological polar surface area (TPSA) is 40.5 Å². The zero-order chi connectivity index (χ0) is 14.8. The monoisotopic (exact) mass is 287 g/mol. The lowest BCUT2D eigenvalue weighted by molar-refractivity contribution is -0.196. The zero-order valence-corrected chi connectivity index (χ0v) is 10.9. The number of benzene rings is 1. The first kappa shape index (κ1) is 14.8. The van der Waals surface area contributed by atoms with Crippen LogP contribution in [-0.4, -0.2) is 35.2 Å². The summed E-state index contributed by atoms with van der Waals surface area (Å²) in [5.74, 6) is -4.14. The fourth-order valence-corrected chi connectivity index (χ4v) is 2.50. The van der Waals surface area contributed by atoms with Crippen LogP contribution >= 0.6 is 0 Å². The molecule has 1 aromatic carbocycles. The van der Waals surface area contributed by atoms with Gasteiger partial charge in [-0.15, -0.1) is 0 Å². The quantitative estimate of drug-likeness (QED) is 0.929. The van der Waals surface area contributed by atoms with Gasteiger partial charge < -0.3 is 5.11 Å². The van der Waals surface area contributed by atoms with Crippen molar-refractivity contribution in [2.24, 2.45) is 5.92 Å². The van der Waals surface area contributed by atoms with Gasteiger partial charge in [0.2, 0.25) is 0 Å². The van der Waals surface area contributed by atoms with E-state index in [2.05, 4.69) is 0 Å². The zero-order valence-electron chi connectivity index (χ0n) is 10.9. The van der Waals surface area contributed by atoms with Crippen LogP contribution in [0.4, 0.5) is 13.2 Å². The Kier molecular flexibility index (Phi) is 4.32. The molecule has 1 unspecified atom stereocenters. The van der Waals surface area contributed by atoms with Crippen molar-refractivity contribution in [2.75, 3.05) is 13.1 Å². The maximum Gasteiger partial charge on any atom is 0.403 e. The summed E-state index contributed by atoms with van der Waals surface area (Å²) < 4.78 is 38.1. The molecule has 0 fully saturated rings. The predicted molar refractivity (Wildman–Crippen MR) is 67.2 cm³/mol. The predicted octanol–water partition coefficient (Wildman–Crippen LogP) is 2.70. The highest BCUT2D eigenvalue weighted by Crippen LogP contribution is 2.28. The van der Waals surface area contributed by atoms with Crippen LogP contribution in [0.25, 0.3) is 0 Å². The highest BCUT2D eigenvalue weighted by atomic mass is 19.4. The van der Waals surface area contributed by atoms with Gasteiger partial charge in [-0.25, -0.2) is 0 Å². The molecule has 0 bridgehead atoms. The molecule has 0 saturated carbocycles. The first-order chi connectivity index (χ1) is 9.38. The lowest BCUT2D eigenvalue weighted by Crippen LogP contribution is -2.41. The molecule has 0 saturated heterocycles. The fraction of sp³-hybridized carbons (Fsp3) is 0.500. The Morgan fingerprint density at radius 1 is 1.30 bits per heavy atom. The van der Waals surface area contributed by atoms with Crippen LogP contribution in [0.1, 0.15) is 17.5 Å². The van der Waals surface area contributed by atoms with E-state index in [-0.39, 0.29) is 0 Å². The van der Waals surface area contributed by atoms with E-state index in [9.17, 15) is 18.0 Å². The van der Waals surface area contributed by atoms with E-state index in [0.29, 0.717) is 13.1 Å². The number of alkyl halides is 3. The van der Waals surface area contributed by atoms with Crippen molar-refractivity contribution in [3.8, 4) is 0 Å². The van der Waals surface area contributed by atoms with E-state index in [4.69, 9.17) is 5.11 Å². The van der Waals surface area contributed by atoms with Gasteiger partial charge >= 0.3 is 12.1 Å². The molecule has 0 radical (unpaired) electrons. The Balaban J connectivity index is 2.12. The van der Waals surface area contributed by atoms with Crippen molar-refractivity contribution in [1.29, 1.82) is 0 Å². The Hall–Kier alpha value is -1.56. The number of aryl methyl sites for hydroxylation is 1. The third-order valence-corrected chi connectivity index (χ3v) is 3.57. The van der Waals surface area contributed by atoms with Gasteiger partial charge in [-0.3, -0.25) is 9.69 Å². The molecule has 1 aliphatic rings. The molecule has 1 atom stereocenters. The summed E-state index contributed by atoms with van der Waals surface area (Å²) in [6.07, 6.45) is -3.16. The van der Waals surface area contributed by atoms with E-state index in [1.54, 1.807) is 4.90 Å². The molecular weight excluding hydrogens is 271 g/mol. The largest absolute Gasteiger partial charge is 0.481 e. The average Bonchev–Trinajstić information content (AvgIpc) is 2.55. The SMILES string of the molecule is O=C(O)C(CN1CCCc2ccccc2C1)C(F)(F)F. The summed E-state index contributed by atoms with van der Waals surface area (Å²) in [6.45, 7) is 0.359. The summed E-state index contributed by atoms with van der Waals surface area (Å²) in [4.78, 5) is 12.4. The fourth-order valence-electron chi connectivity index (χ4n) is 2.50. The summed E-state index contributed by atoms with van der Waals surface area (Å²) in [5, 5.41) is 8.76. The molecule has 0 aromatic heterocycles. The third-order valence-electron chi connectivity index (χ3n) is 3.57. The number of hydrogen-bond donors (Lipinski definition) is 1.